The Bertz CT molecular complexity index is 88.8. The second-order valence-electron chi connectivity index (χ2n) is 2.24. The summed E-state index contributed by atoms with van der Waals surface area (Å²) in [5.41, 5.74) is 9.81. The minimum Gasteiger partial charge on any atom is -0.329 e. The minimum absolute atomic E-state index is 0.597. The van der Waals surface area contributed by atoms with Crippen LogP contribution in [0.25, 0.3) is 0 Å². The van der Waals surface area contributed by atoms with Gasteiger partial charge in [-0.15, -0.1) is 9.79 Å². The number of hydrogen-bond acceptors (Lipinski definition) is 3. The molecule has 0 saturated heterocycles. The molecule has 0 aromatic heterocycles. The monoisotopic (exact) mass is 197 g/mol. The van der Waals surface area contributed by atoms with Crippen molar-refractivity contribution in [3.63, 3.8) is 0 Å². The van der Waals surface area contributed by atoms with E-state index in [-0.39, 0.29) is 0 Å². The standard InChI is InChI=1S/C4H8.C2H8N2.HO3P/c1-2-4-3-1;3-1-2-4;1-4(2)3/h2*1-4H2;(H-,1,2,3)/p+1. The SMILES string of the molecule is C1CCC1.NCCN.O=[P+](O)O. The van der Waals surface area contributed by atoms with Gasteiger partial charge in [0.25, 0.3) is 0 Å². The van der Waals surface area contributed by atoms with Crippen LogP contribution in [0.4, 0.5) is 0 Å². The summed E-state index contributed by atoms with van der Waals surface area (Å²) in [6, 6.07) is 0. The van der Waals surface area contributed by atoms with Gasteiger partial charge in [0.1, 0.15) is 0 Å². The van der Waals surface area contributed by atoms with E-state index in [0.29, 0.717) is 13.1 Å². The molecule has 0 aromatic rings. The zero-order chi connectivity index (χ0) is 9.82. The molecule has 0 heterocycles. The van der Waals surface area contributed by atoms with Gasteiger partial charge in [0.05, 0.1) is 0 Å². The van der Waals surface area contributed by atoms with Gasteiger partial charge in [-0.2, -0.15) is 0 Å². The molecule has 12 heavy (non-hydrogen) atoms. The Morgan fingerprint density at radius 3 is 1.17 bits per heavy atom. The first-order valence-electron chi connectivity index (χ1n) is 3.90. The molecule has 0 unspecified atom stereocenters. The van der Waals surface area contributed by atoms with Crippen LogP contribution in [0.3, 0.4) is 0 Å². The number of nitrogens with two attached hydrogens (primary N) is 2. The molecular weight excluding hydrogens is 179 g/mol. The van der Waals surface area contributed by atoms with Crippen molar-refractivity contribution >= 4 is 8.25 Å². The first kappa shape index (κ1) is 14.5. The molecule has 0 aliphatic heterocycles. The van der Waals surface area contributed by atoms with E-state index >= 15 is 0 Å². The fourth-order valence-electron chi connectivity index (χ4n) is 0.250. The van der Waals surface area contributed by atoms with Crippen LogP contribution < -0.4 is 11.5 Å². The van der Waals surface area contributed by atoms with E-state index in [1.165, 1.54) is 25.7 Å². The minimum atomic E-state index is -2.87. The van der Waals surface area contributed by atoms with Crippen molar-refractivity contribution < 1.29 is 14.4 Å². The Labute approximate surface area is 73.7 Å². The van der Waals surface area contributed by atoms with Crippen molar-refractivity contribution in [3.05, 3.63) is 0 Å². The van der Waals surface area contributed by atoms with Crippen LogP contribution in [0.15, 0.2) is 0 Å². The van der Waals surface area contributed by atoms with Crippen LogP contribution in [0.2, 0.25) is 0 Å². The lowest BCUT2D eigenvalue weighted by Gasteiger charge is -2.05. The largest absolute Gasteiger partial charge is 0.692 e. The first-order chi connectivity index (χ1) is 5.65. The maximum absolute atomic E-state index is 8.70. The summed E-state index contributed by atoms with van der Waals surface area (Å²) in [5, 5.41) is 0. The van der Waals surface area contributed by atoms with Gasteiger partial charge in [-0.25, -0.2) is 0 Å². The van der Waals surface area contributed by atoms with Gasteiger partial charge in [-0.05, 0) is 0 Å². The van der Waals surface area contributed by atoms with E-state index in [1.54, 1.807) is 0 Å². The highest BCUT2D eigenvalue weighted by Gasteiger charge is 1.95. The average molecular weight is 197 g/mol. The number of hydrogen-bond donors (Lipinski definition) is 4. The lowest BCUT2D eigenvalue weighted by molar-refractivity contribution is 0.405. The second-order valence-corrected chi connectivity index (χ2v) is 2.75. The van der Waals surface area contributed by atoms with E-state index in [0.717, 1.165) is 0 Å². The molecule has 74 valence electrons. The molecule has 1 aliphatic rings. The fraction of sp³-hybridized carbons (Fsp3) is 1.00. The smallest absolute Gasteiger partial charge is 0.329 e. The van der Waals surface area contributed by atoms with Crippen LogP contribution in [-0.4, -0.2) is 22.9 Å². The lowest BCUT2D eigenvalue weighted by atomic mass is 10.0. The first-order valence-corrected chi connectivity index (χ1v) is 5.06. The van der Waals surface area contributed by atoms with Crippen LogP contribution in [-0.2, 0) is 4.57 Å². The topological polar surface area (TPSA) is 110 Å². The quantitative estimate of drug-likeness (QED) is 0.445. The van der Waals surface area contributed by atoms with Crippen molar-refractivity contribution in [1.29, 1.82) is 0 Å². The Morgan fingerprint density at radius 2 is 1.17 bits per heavy atom. The summed E-state index contributed by atoms with van der Waals surface area (Å²) in [7, 11) is -2.87. The summed E-state index contributed by atoms with van der Waals surface area (Å²) < 4.78 is 8.70. The van der Waals surface area contributed by atoms with Crippen molar-refractivity contribution in [2.24, 2.45) is 11.5 Å². The fourth-order valence-corrected chi connectivity index (χ4v) is 0.250. The molecule has 0 aromatic carbocycles. The van der Waals surface area contributed by atoms with Crippen molar-refractivity contribution in [1.82, 2.24) is 0 Å². The van der Waals surface area contributed by atoms with E-state index in [9.17, 15) is 0 Å². The van der Waals surface area contributed by atoms with Crippen molar-refractivity contribution in [2.45, 2.75) is 25.7 Å². The lowest BCUT2D eigenvalue weighted by Crippen LogP contribution is -2.11. The average Bonchev–Trinajstić information content (AvgIpc) is 1.82. The van der Waals surface area contributed by atoms with Gasteiger partial charge >= 0.3 is 8.25 Å². The Kier molecular flexibility index (Phi) is 16.3. The highest BCUT2D eigenvalue weighted by Crippen LogP contribution is 2.15. The third kappa shape index (κ3) is 32.6. The van der Waals surface area contributed by atoms with Crippen LogP contribution >= 0.6 is 8.25 Å². The Morgan fingerprint density at radius 1 is 1.00 bits per heavy atom. The molecule has 1 fully saturated rings. The summed E-state index contributed by atoms with van der Waals surface area (Å²) >= 11 is 0. The molecule has 1 aliphatic carbocycles. The maximum Gasteiger partial charge on any atom is 0.692 e. The van der Waals surface area contributed by atoms with Crippen LogP contribution in [0.1, 0.15) is 25.7 Å². The molecule has 0 amide bonds. The summed E-state index contributed by atoms with van der Waals surface area (Å²) in [4.78, 5) is 14.2. The van der Waals surface area contributed by atoms with E-state index in [1.807, 2.05) is 0 Å². The zero-order valence-corrected chi connectivity index (χ0v) is 8.04. The molecular formula is C6H18N2O3P+. The summed E-state index contributed by atoms with van der Waals surface area (Å²) in [6.07, 6.45) is 6.00. The summed E-state index contributed by atoms with van der Waals surface area (Å²) in [6.45, 7) is 1.19. The van der Waals surface area contributed by atoms with E-state index < -0.39 is 8.25 Å². The third-order valence-electron chi connectivity index (χ3n) is 1.17. The number of rotatable bonds is 1. The van der Waals surface area contributed by atoms with E-state index in [4.69, 9.17) is 25.8 Å². The molecule has 0 radical (unpaired) electrons. The van der Waals surface area contributed by atoms with Gasteiger partial charge in [-0.3, -0.25) is 0 Å². The molecule has 6 heteroatoms. The van der Waals surface area contributed by atoms with Crippen LogP contribution in [0.5, 0.6) is 0 Å². The van der Waals surface area contributed by atoms with Gasteiger partial charge in [0, 0.05) is 17.7 Å². The molecule has 0 bridgehead atoms. The summed E-state index contributed by atoms with van der Waals surface area (Å²) in [5.74, 6) is 0. The molecule has 5 nitrogen and oxygen atoms in total. The molecule has 6 N–H and O–H groups in total. The normalized spacial score (nSPS) is 12.7. The van der Waals surface area contributed by atoms with Gasteiger partial charge in [0.15, 0.2) is 0 Å². The zero-order valence-electron chi connectivity index (χ0n) is 7.15. The Hall–Kier alpha value is -0.0600. The highest BCUT2D eigenvalue weighted by molar-refractivity contribution is 7.30. The molecule has 0 spiro atoms. The van der Waals surface area contributed by atoms with Crippen LogP contribution in [0, 0.1) is 0 Å². The maximum atomic E-state index is 8.70. The predicted octanol–water partition coefficient (Wildman–Crippen LogP) is 0.0926. The molecule has 1 saturated carbocycles. The van der Waals surface area contributed by atoms with Crippen molar-refractivity contribution in [2.75, 3.05) is 13.1 Å². The molecule has 0 atom stereocenters. The highest BCUT2D eigenvalue weighted by atomic mass is 31.1. The third-order valence-corrected chi connectivity index (χ3v) is 1.17. The second kappa shape index (κ2) is 13.5. The predicted molar refractivity (Wildman–Crippen MR) is 48.6 cm³/mol. The molecule has 1 rings (SSSR count). The van der Waals surface area contributed by atoms with Crippen molar-refractivity contribution in [3.8, 4) is 0 Å². The Balaban J connectivity index is 0. The van der Waals surface area contributed by atoms with Gasteiger partial charge < -0.3 is 11.5 Å². The van der Waals surface area contributed by atoms with Gasteiger partial charge in [-0.1, -0.05) is 25.7 Å². The van der Waals surface area contributed by atoms with E-state index in [2.05, 4.69) is 0 Å². The van der Waals surface area contributed by atoms with Gasteiger partial charge in [0.2, 0.25) is 0 Å².